The predicted molar refractivity (Wildman–Crippen MR) is 115 cm³/mol. The van der Waals surface area contributed by atoms with E-state index in [-0.39, 0.29) is 6.35 Å². The van der Waals surface area contributed by atoms with E-state index < -0.39 is 12.3 Å². The van der Waals surface area contributed by atoms with E-state index in [1.807, 2.05) is 93.6 Å². The number of fused-ring (bicyclic) bond motifs is 1. The van der Waals surface area contributed by atoms with Gasteiger partial charge in [0.1, 0.15) is 24.5 Å². The minimum Gasteiger partial charge on any atom is -0.488 e. The van der Waals surface area contributed by atoms with Crippen LogP contribution in [0.2, 0.25) is 0 Å². The minimum atomic E-state index is -2.80. The van der Waals surface area contributed by atoms with Crippen LogP contribution in [-0.4, -0.2) is 11.5 Å². The molecule has 1 heterocycles. The maximum Gasteiger partial charge on any atom is 0.163 e. The van der Waals surface area contributed by atoms with Gasteiger partial charge in [0, 0.05) is 10.7 Å². The van der Waals surface area contributed by atoms with Gasteiger partial charge in [0.15, 0.2) is 7.14 Å². The molecule has 0 bridgehead atoms. The first-order valence-electron chi connectivity index (χ1n) is 9.52. The molecule has 0 radical (unpaired) electrons. The second kappa shape index (κ2) is 7.14. The molecule has 1 atom stereocenters. The van der Waals surface area contributed by atoms with Gasteiger partial charge < -0.3 is 14.0 Å². The number of ether oxygens (including phenoxy) is 2. The first-order chi connectivity index (χ1) is 13.4. The molecule has 4 heteroatoms. The monoisotopic (exact) mass is 392 g/mol. The molecule has 0 saturated carbocycles. The van der Waals surface area contributed by atoms with Crippen LogP contribution in [0.4, 0.5) is 0 Å². The van der Waals surface area contributed by atoms with Crippen LogP contribution in [0.5, 0.6) is 11.5 Å². The van der Waals surface area contributed by atoms with Crippen LogP contribution in [0.25, 0.3) is 11.1 Å². The van der Waals surface area contributed by atoms with Gasteiger partial charge in [0.2, 0.25) is 0 Å². The highest BCUT2D eigenvalue weighted by atomic mass is 31.2. The van der Waals surface area contributed by atoms with E-state index in [0.29, 0.717) is 18.1 Å². The van der Waals surface area contributed by atoms with E-state index >= 15 is 0 Å². The highest BCUT2D eigenvalue weighted by Gasteiger charge is 2.48. The zero-order chi connectivity index (χ0) is 19.8. The minimum absolute atomic E-state index is 0.220. The smallest absolute Gasteiger partial charge is 0.163 e. The molecule has 0 saturated heterocycles. The summed E-state index contributed by atoms with van der Waals surface area (Å²) in [5.41, 5.74) is 3.09. The molecular formula is C24H25O3P. The van der Waals surface area contributed by atoms with E-state index in [0.717, 1.165) is 22.0 Å². The van der Waals surface area contributed by atoms with Gasteiger partial charge in [-0.2, -0.15) is 0 Å². The van der Waals surface area contributed by atoms with Crippen LogP contribution in [0, 0.1) is 0 Å². The summed E-state index contributed by atoms with van der Waals surface area (Å²) >= 11 is 0. The van der Waals surface area contributed by atoms with Crippen molar-refractivity contribution in [3.05, 3.63) is 78.4 Å². The largest absolute Gasteiger partial charge is 0.488 e. The van der Waals surface area contributed by atoms with Crippen molar-refractivity contribution in [2.24, 2.45) is 0 Å². The maximum absolute atomic E-state index is 14.1. The zero-order valence-corrected chi connectivity index (χ0v) is 17.4. The lowest BCUT2D eigenvalue weighted by Gasteiger charge is -2.27. The Morgan fingerprint density at radius 2 is 1.57 bits per heavy atom. The molecule has 4 rings (SSSR count). The molecule has 3 aromatic rings. The SMILES string of the molecule is CC(C)(C)[P@@]1(=O)COc2c(-c3ccccc3)ccc(OCc3ccccc3)c21. The van der Waals surface area contributed by atoms with Crippen LogP contribution in [0.3, 0.4) is 0 Å². The Balaban J connectivity index is 1.82. The maximum atomic E-state index is 14.1. The van der Waals surface area contributed by atoms with Gasteiger partial charge in [0.25, 0.3) is 0 Å². The van der Waals surface area contributed by atoms with Gasteiger partial charge >= 0.3 is 0 Å². The molecule has 0 N–H and O–H groups in total. The number of hydrogen-bond donors (Lipinski definition) is 0. The Kier molecular flexibility index (Phi) is 4.81. The van der Waals surface area contributed by atoms with Gasteiger partial charge in [-0.1, -0.05) is 81.4 Å². The van der Waals surface area contributed by atoms with E-state index in [1.54, 1.807) is 0 Å². The molecule has 0 fully saturated rings. The Labute approximate surface area is 166 Å². The molecule has 3 nitrogen and oxygen atoms in total. The van der Waals surface area contributed by atoms with Crippen molar-refractivity contribution < 1.29 is 14.0 Å². The molecule has 1 aliphatic rings. The van der Waals surface area contributed by atoms with Crippen molar-refractivity contribution in [2.75, 3.05) is 6.35 Å². The lowest BCUT2D eigenvalue weighted by Crippen LogP contribution is -2.23. The fourth-order valence-corrected chi connectivity index (χ4v) is 5.99. The van der Waals surface area contributed by atoms with Crippen molar-refractivity contribution in [1.29, 1.82) is 0 Å². The summed E-state index contributed by atoms with van der Waals surface area (Å²) in [6.45, 7) is 6.48. The molecule has 28 heavy (non-hydrogen) atoms. The summed E-state index contributed by atoms with van der Waals surface area (Å²) in [6.07, 6.45) is 0.220. The van der Waals surface area contributed by atoms with E-state index in [2.05, 4.69) is 0 Å². The lowest BCUT2D eigenvalue weighted by atomic mass is 10.0. The van der Waals surface area contributed by atoms with Gasteiger partial charge in [-0.25, -0.2) is 0 Å². The summed E-state index contributed by atoms with van der Waals surface area (Å²) in [4.78, 5) is 0. The number of benzene rings is 3. The first kappa shape index (κ1) is 18.8. The van der Waals surface area contributed by atoms with E-state index in [4.69, 9.17) is 9.47 Å². The molecule has 0 unspecified atom stereocenters. The lowest BCUT2D eigenvalue weighted by molar-refractivity contribution is 0.308. The van der Waals surface area contributed by atoms with Crippen molar-refractivity contribution in [2.45, 2.75) is 32.5 Å². The normalized spacial score (nSPS) is 18.4. The van der Waals surface area contributed by atoms with Crippen molar-refractivity contribution in [3.8, 4) is 22.6 Å². The fraction of sp³-hybridized carbons (Fsp3) is 0.250. The van der Waals surface area contributed by atoms with Gasteiger partial charge in [-0.05, 0) is 23.3 Å². The quantitative estimate of drug-likeness (QED) is 0.506. The molecule has 0 aliphatic carbocycles. The van der Waals surface area contributed by atoms with Gasteiger partial charge in [-0.15, -0.1) is 0 Å². The summed E-state index contributed by atoms with van der Waals surface area (Å²) in [7, 11) is -2.80. The first-order valence-corrected chi connectivity index (χ1v) is 11.4. The Morgan fingerprint density at radius 3 is 2.21 bits per heavy atom. The third-order valence-corrected chi connectivity index (χ3v) is 9.06. The molecule has 0 amide bonds. The van der Waals surface area contributed by atoms with Crippen molar-refractivity contribution >= 4 is 12.4 Å². The van der Waals surface area contributed by atoms with Crippen LogP contribution in [0.15, 0.2) is 72.8 Å². The number of rotatable bonds is 4. The van der Waals surface area contributed by atoms with Crippen LogP contribution in [-0.2, 0) is 11.2 Å². The van der Waals surface area contributed by atoms with Crippen LogP contribution < -0.4 is 14.8 Å². The Hall–Kier alpha value is -2.51. The predicted octanol–water partition coefficient (Wildman–Crippen LogP) is 6.07. The topological polar surface area (TPSA) is 35.5 Å². The summed E-state index contributed by atoms with van der Waals surface area (Å²) in [5, 5.41) is 0.343. The average Bonchev–Trinajstić information content (AvgIpc) is 3.07. The Bertz CT molecular complexity index is 1020. The average molecular weight is 392 g/mol. The summed E-state index contributed by atoms with van der Waals surface area (Å²) < 4.78 is 26.3. The molecule has 0 spiro atoms. The third-order valence-electron chi connectivity index (χ3n) is 5.25. The van der Waals surface area contributed by atoms with Gasteiger partial charge in [0.05, 0.1) is 5.30 Å². The van der Waals surface area contributed by atoms with Crippen LogP contribution >= 0.6 is 7.14 Å². The fourth-order valence-electron chi connectivity index (χ4n) is 3.49. The van der Waals surface area contributed by atoms with Crippen molar-refractivity contribution in [3.63, 3.8) is 0 Å². The molecule has 0 aromatic heterocycles. The van der Waals surface area contributed by atoms with Gasteiger partial charge in [-0.3, -0.25) is 0 Å². The Morgan fingerprint density at radius 1 is 0.929 bits per heavy atom. The van der Waals surface area contributed by atoms with Crippen LogP contribution in [0.1, 0.15) is 26.3 Å². The van der Waals surface area contributed by atoms with E-state index in [1.165, 1.54) is 0 Å². The molecular weight excluding hydrogens is 367 g/mol. The van der Waals surface area contributed by atoms with E-state index in [9.17, 15) is 4.57 Å². The molecule has 1 aliphatic heterocycles. The highest BCUT2D eigenvalue weighted by molar-refractivity contribution is 7.73. The standard InChI is InChI=1S/C24H25O3P/c1-24(2,3)28(25)17-27-22-20(19-12-8-5-9-13-19)14-15-21(23(22)28)26-16-18-10-6-4-7-11-18/h4-15H,16-17H2,1-3H3/t28-/m1/s1. The number of hydrogen-bond acceptors (Lipinski definition) is 3. The summed E-state index contributed by atoms with van der Waals surface area (Å²) in [6, 6.07) is 24.0. The van der Waals surface area contributed by atoms with Crippen molar-refractivity contribution in [1.82, 2.24) is 0 Å². The molecule has 144 valence electrons. The molecule has 3 aromatic carbocycles. The second-order valence-electron chi connectivity index (χ2n) is 8.11. The summed E-state index contributed by atoms with van der Waals surface area (Å²) in [5.74, 6) is 1.37. The zero-order valence-electron chi connectivity index (χ0n) is 16.5. The second-order valence-corrected chi connectivity index (χ2v) is 11.6. The third kappa shape index (κ3) is 3.25. The highest BCUT2D eigenvalue weighted by Crippen LogP contribution is 2.64.